The van der Waals surface area contributed by atoms with Crippen molar-refractivity contribution in [3.05, 3.63) is 65.7 Å². The summed E-state index contributed by atoms with van der Waals surface area (Å²) in [5.41, 5.74) is 1.74. The number of rotatable bonds is 9. The summed E-state index contributed by atoms with van der Waals surface area (Å²) >= 11 is 1.34. The predicted octanol–water partition coefficient (Wildman–Crippen LogP) is 4.15. The third-order valence-corrected chi connectivity index (χ3v) is 6.86. The van der Waals surface area contributed by atoms with Crippen LogP contribution in [0.3, 0.4) is 0 Å². The van der Waals surface area contributed by atoms with Gasteiger partial charge in [-0.15, -0.1) is 10.2 Å². The summed E-state index contributed by atoms with van der Waals surface area (Å²) in [6.45, 7) is 3.19. The van der Waals surface area contributed by atoms with Crippen LogP contribution in [0.5, 0.6) is 5.75 Å². The Labute approximate surface area is 203 Å². The number of hydrogen-bond donors (Lipinski definition) is 0. The molecule has 0 bridgehead atoms. The molecule has 0 unspecified atom stereocenters. The molecule has 34 heavy (non-hydrogen) atoms. The molecule has 0 N–H and O–H groups in total. The second kappa shape index (κ2) is 11.5. The molecule has 180 valence electrons. The fourth-order valence-electron chi connectivity index (χ4n) is 4.08. The Hall–Kier alpha value is -2.91. The van der Waals surface area contributed by atoms with Crippen LogP contribution >= 0.6 is 11.8 Å². The minimum atomic E-state index is -0.295. The van der Waals surface area contributed by atoms with Crippen molar-refractivity contribution < 1.29 is 13.9 Å². The SMILES string of the molecule is COc1ccccc1CN(C)C(=O)CSc1nnc(CN2CCCCC2)n1-c1ccc(F)cc1. The molecule has 1 fully saturated rings. The highest BCUT2D eigenvalue weighted by atomic mass is 32.2. The van der Waals surface area contributed by atoms with Crippen molar-refractivity contribution in [1.29, 1.82) is 0 Å². The Morgan fingerprint density at radius 1 is 1.09 bits per heavy atom. The Kier molecular flexibility index (Phi) is 8.18. The van der Waals surface area contributed by atoms with E-state index in [4.69, 9.17) is 4.74 Å². The highest BCUT2D eigenvalue weighted by molar-refractivity contribution is 7.99. The van der Waals surface area contributed by atoms with Crippen LogP contribution in [0.4, 0.5) is 4.39 Å². The number of benzene rings is 2. The third kappa shape index (κ3) is 5.95. The molecule has 0 saturated carbocycles. The van der Waals surface area contributed by atoms with E-state index < -0.39 is 0 Å². The van der Waals surface area contributed by atoms with E-state index in [9.17, 15) is 9.18 Å². The van der Waals surface area contributed by atoms with Crippen molar-refractivity contribution in [2.45, 2.75) is 37.5 Å². The summed E-state index contributed by atoms with van der Waals surface area (Å²) < 4.78 is 20.9. The number of para-hydroxylation sites is 1. The zero-order valence-electron chi connectivity index (χ0n) is 19.6. The second-order valence-electron chi connectivity index (χ2n) is 8.40. The van der Waals surface area contributed by atoms with Crippen LogP contribution in [0.25, 0.3) is 5.69 Å². The molecule has 1 aliphatic heterocycles. The van der Waals surface area contributed by atoms with Crippen LogP contribution < -0.4 is 4.74 Å². The van der Waals surface area contributed by atoms with Gasteiger partial charge in [0.15, 0.2) is 11.0 Å². The average molecular weight is 484 g/mol. The number of piperidine rings is 1. The molecule has 3 aromatic rings. The van der Waals surface area contributed by atoms with Gasteiger partial charge in [0.05, 0.1) is 19.4 Å². The van der Waals surface area contributed by atoms with Gasteiger partial charge >= 0.3 is 0 Å². The Morgan fingerprint density at radius 2 is 1.82 bits per heavy atom. The molecule has 2 aromatic carbocycles. The van der Waals surface area contributed by atoms with Crippen molar-refractivity contribution >= 4 is 17.7 Å². The third-order valence-electron chi connectivity index (χ3n) is 5.95. The number of nitrogens with zero attached hydrogens (tertiary/aromatic N) is 5. The van der Waals surface area contributed by atoms with Crippen LogP contribution in [0.15, 0.2) is 53.7 Å². The maximum atomic E-state index is 13.6. The monoisotopic (exact) mass is 483 g/mol. The van der Waals surface area contributed by atoms with E-state index in [1.165, 1.54) is 43.2 Å². The molecule has 1 saturated heterocycles. The number of carbonyl (C=O) groups excluding carboxylic acids is 1. The number of ether oxygens (including phenoxy) is 1. The maximum Gasteiger partial charge on any atom is 0.233 e. The fourth-order valence-corrected chi connectivity index (χ4v) is 4.99. The van der Waals surface area contributed by atoms with Crippen LogP contribution in [0.2, 0.25) is 0 Å². The molecule has 4 rings (SSSR count). The van der Waals surface area contributed by atoms with Gasteiger partial charge in [-0.25, -0.2) is 4.39 Å². The first-order chi connectivity index (χ1) is 16.5. The zero-order chi connectivity index (χ0) is 23.9. The molecule has 9 heteroatoms. The van der Waals surface area contributed by atoms with E-state index in [1.54, 1.807) is 31.2 Å². The molecule has 7 nitrogen and oxygen atoms in total. The lowest BCUT2D eigenvalue weighted by atomic mass is 10.1. The summed E-state index contributed by atoms with van der Waals surface area (Å²) in [5.74, 6) is 1.45. The fraction of sp³-hybridized carbons (Fsp3) is 0.400. The standard InChI is InChI=1S/C25H30FN5O2S/c1-29(16-19-8-4-5-9-22(19)33-2)24(32)18-34-25-28-27-23(17-30-14-6-3-7-15-30)31(25)21-12-10-20(26)11-13-21/h4-5,8-13H,3,6-7,14-18H2,1-2H3. The number of hydrogen-bond acceptors (Lipinski definition) is 6. The molecule has 1 aromatic heterocycles. The normalized spacial score (nSPS) is 14.2. The van der Waals surface area contributed by atoms with Crippen LogP contribution in [-0.2, 0) is 17.9 Å². The van der Waals surface area contributed by atoms with Gasteiger partial charge in [0.2, 0.25) is 5.91 Å². The molecule has 0 spiro atoms. The predicted molar refractivity (Wildman–Crippen MR) is 131 cm³/mol. The van der Waals surface area contributed by atoms with E-state index in [0.717, 1.165) is 35.9 Å². The molecule has 1 aliphatic rings. The van der Waals surface area contributed by atoms with Gasteiger partial charge in [-0.2, -0.15) is 0 Å². The first-order valence-electron chi connectivity index (χ1n) is 11.5. The minimum absolute atomic E-state index is 0.0258. The lowest BCUT2D eigenvalue weighted by Gasteiger charge is -2.26. The minimum Gasteiger partial charge on any atom is -0.496 e. The number of thioether (sulfide) groups is 1. The number of halogens is 1. The second-order valence-corrected chi connectivity index (χ2v) is 9.34. The zero-order valence-corrected chi connectivity index (χ0v) is 20.4. The van der Waals surface area contributed by atoms with Gasteiger partial charge < -0.3 is 9.64 Å². The smallest absolute Gasteiger partial charge is 0.233 e. The van der Waals surface area contributed by atoms with Crippen molar-refractivity contribution in [1.82, 2.24) is 24.6 Å². The van der Waals surface area contributed by atoms with Crippen molar-refractivity contribution in [3.8, 4) is 11.4 Å². The van der Waals surface area contributed by atoms with Gasteiger partial charge in [-0.3, -0.25) is 14.3 Å². The number of carbonyl (C=O) groups is 1. The number of methoxy groups -OCH3 is 1. The Balaban J connectivity index is 1.48. The van der Waals surface area contributed by atoms with Gasteiger partial charge in [-0.05, 0) is 56.3 Å². The lowest BCUT2D eigenvalue weighted by Crippen LogP contribution is -2.30. The topological polar surface area (TPSA) is 63.5 Å². The van der Waals surface area contributed by atoms with Gasteiger partial charge in [0.1, 0.15) is 11.6 Å². The van der Waals surface area contributed by atoms with Gasteiger partial charge in [0.25, 0.3) is 0 Å². The first-order valence-corrected chi connectivity index (χ1v) is 12.4. The molecular weight excluding hydrogens is 453 g/mol. The van der Waals surface area contributed by atoms with E-state index in [2.05, 4.69) is 15.1 Å². The quantitative estimate of drug-likeness (QED) is 0.426. The molecular formula is C25H30FN5O2S. The highest BCUT2D eigenvalue weighted by Gasteiger charge is 2.20. The van der Waals surface area contributed by atoms with E-state index >= 15 is 0 Å². The van der Waals surface area contributed by atoms with Gasteiger partial charge in [-0.1, -0.05) is 36.4 Å². The van der Waals surface area contributed by atoms with Crippen molar-refractivity contribution in [2.75, 3.05) is 33.0 Å². The number of likely N-dealkylation sites (tertiary alicyclic amines) is 1. The first kappa shape index (κ1) is 24.2. The molecule has 0 atom stereocenters. The summed E-state index contributed by atoms with van der Waals surface area (Å²) in [7, 11) is 3.40. The molecule has 1 amide bonds. The van der Waals surface area contributed by atoms with E-state index in [1.807, 2.05) is 28.8 Å². The average Bonchev–Trinajstić information content (AvgIpc) is 3.26. The summed E-state index contributed by atoms with van der Waals surface area (Å²) in [5, 5.41) is 9.45. The van der Waals surface area contributed by atoms with E-state index in [0.29, 0.717) is 18.2 Å². The van der Waals surface area contributed by atoms with Crippen molar-refractivity contribution in [2.24, 2.45) is 0 Å². The Morgan fingerprint density at radius 3 is 2.56 bits per heavy atom. The number of aromatic nitrogens is 3. The van der Waals surface area contributed by atoms with Crippen molar-refractivity contribution in [3.63, 3.8) is 0 Å². The number of amides is 1. The summed E-state index contributed by atoms with van der Waals surface area (Å²) in [4.78, 5) is 16.9. The van der Waals surface area contributed by atoms with Crippen LogP contribution in [-0.4, -0.2) is 63.5 Å². The van der Waals surface area contributed by atoms with E-state index in [-0.39, 0.29) is 17.5 Å². The molecule has 0 aliphatic carbocycles. The van der Waals surface area contributed by atoms with Crippen LogP contribution in [0, 0.1) is 5.82 Å². The van der Waals surface area contributed by atoms with Crippen LogP contribution in [0.1, 0.15) is 30.7 Å². The molecule has 2 heterocycles. The highest BCUT2D eigenvalue weighted by Crippen LogP contribution is 2.25. The maximum absolute atomic E-state index is 13.6. The Bertz CT molecular complexity index is 1100. The van der Waals surface area contributed by atoms with Gasteiger partial charge in [0, 0.05) is 24.8 Å². The summed E-state index contributed by atoms with van der Waals surface area (Å²) in [6, 6.07) is 14.0. The largest absolute Gasteiger partial charge is 0.496 e. The molecule has 0 radical (unpaired) electrons. The summed E-state index contributed by atoms with van der Waals surface area (Å²) in [6.07, 6.45) is 3.62. The lowest BCUT2D eigenvalue weighted by molar-refractivity contribution is -0.127.